The summed E-state index contributed by atoms with van der Waals surface area (Å²) < 4.78 is 0.981. The molecule has 0 saturated heterocycles. The molecule has 4 heteroatoms. The summed E-state index contributed by atoms with van der Waals surface area (Å²) in [7, 11) is 0. The van der Waals surface area contributed by atoms with E-state index in [1.807, 2.05) is 39.0 Å². The number of nitrogens with one attached hydrogen (secondary N) is 1. The Morgan fingerprint density at radius 1 is 1.50 bits per heavy atom. The summed E-state index contributed by atoms with van der Waals surface area (Å²) in [6, 6.07) is 5.72. The molecule has 0 atom stereocenters. The van der Waals surface area contributed by atoms with Crippen LogP contribution in [-0.4, -0.2) is 11.8 Å². The third-order valence-electron chi connectivity index (χ3n) is 2.38. The topological polar surface area (TPSA) is 29.1 Å². The quantitative estimate of drug-likeness (QED) is 0.841. The van der Waals surface area contributed by atoms with Gasteiger partial charge in [0, 0.05) is 16.0 Å². The summed E-state index contributed by atoms with van der Waals surface area (Å²) in [6.45, 7) is 5.63. The number of benzene rings is 1. The van der Waals surface area contributed by atoms with Gasteiger partial charge in [-0.2, -0.15) is 0 Å². The number of anilines is 1. The molecule has 1 aromatic carbocycles. The van der Waals surface area contributed by atoms with E-state index in [1.54, 1.807) is 0 Å². The highest BCUT2D eigenvalue weighted by molar-refractivity contribution is 9.10. The van der Waals surface area contributed by atoms with Gasteiger partial charge in [-0.25, -0.2) is 0 Å². The number of alkyl halides is 1. The molecule has 1 aromatic rings. The molecule has 0 spiro atoms. The molecule has 0 aliphatic carbocycles. The van der Waals surface area contributed by atoms with Crippen molar-refractivity contribution in [2.24, 2.45) is 5.41 Å². The van der Waals surface area contributed by atoms with Crippen LogP contribution in [0, 0.1) is 12.3 Å². The van der Waals surface area contributed by atoms with Crippen LogP contribution in [0.3, 0.4) is 0 Å². The lowest BCUT2D eigenvalue weighted by Gasteiger charge is -2.20. The number of halogens is 2. The first-order chi connectivity index (χ1) is 7.36. The summed E-state index contributed by atoms with van der Waals surface area (Å²) in [5, 5.41) is 2.85. The van der Waals surface area contributed by atoms with Gasteiger partial charge in [0.2, 0.25) is 5.91 Å². The summed E-state index contributed by atoms with van der Waals surface area (Å²) >= 11 is 9.17. The molecule has 0 saturated carbocycles. The maximum absolute atomic E-state index is 11.9. The second-order valence-electron chi connectivity index (χ2n) is 4.44. The molecule has 1 N–H and O–H groups in total. The van der Waals surface area contributed by atoms with E-state index >= 15 is 0 Å². The maximum atomic E-state index is 11.9. The number of aryl methyl sites for hydroxylation is 1. The van der Waals surface area contributed by atoms with E-state index in [0.29, 0.717) is 5.88 Å². The van der Waals surface area contributed by atoms with Gasteiger partial charge in [0.25, 0.3) is 0 Å². The summed E-state index contributed by atoms with van der Waals surface area (Å²) in [5.41, 5.74) is 1.36. The molecule has 0 aromatic heterocycles. The summed E-state index contributed by atoms with van der Waals surface area (Å²) in [6.07, 6.45) is 0. The molecule has 0 bridgehead atoms. The Balaban J connectivity index is 2.82. The number of rotatable bonds is 3. The van der Waals surface area contributed by atoms with Gasteiger partial charge in [-0.3, -0.25) is 4.79 Å². The van der Waals surface area contributed by atoms with Crippen molar-refractivity contribution in [3.05, 3.63) is 28.2 Å². The first-order valence-electron chi connectivity index (χ1n) is 5.00. The van der Waals surface area contributed by atoms with Crippen LogP contribution < -0.4 is 5.32 Å². The molecule has 0 aliphatic rings. The van der Waals surface area contributed by atoms with Crippen LogP contribution >= 0.6 is 27.5 Å². The molecular formula is C12H15BrClNO. The van der Waals surface area contributed by atoms with Crippen molar-refractivity contribution in [2.75, 3.05) is 11.2 Å². The fraction of sp³-hybridized carbons (Fsp3) is 0.417. The molecule has 0 radical (unpaired) electrons. The standard InChI is InChI=1S/C12H15BrClNO/c1-8-4-5-9(6-10(8)13)15-11(16)12(2,3)7-14/h4-6H,7H2,1-3H3,(H,15,16). The van der Waals surface area contributed by atoms with Gasteiger partial charge < -0.3 is 5.32 Å². The van der Waals surface area contributed by atoms with E-state index in [1.165, 1.54) is 0 Å². The van der Waals surface area contributed by atoms with Crippen molar-refractivity contribution >= 4 is 39.1 Å². The molecule has 88 valence electrons. The molecular weight excluding hydrogens is 289 g/mol. The van der Waals surface area contributed by atoms with Crippen LogP contribution in [0.25, 0.3) is 0 Å². The molecule has 0 unspecified atom stereocenters. The van der Waals surface area contributed by atoms with Gasteiger partial charge in [-0.05, 0) is 38.5 Å². The van der Waals surface area contributed by atoms with Gasteiger partial charge in [0.05, 0.1) is 5.41 Å². The Morgan fingerprint density at radius 2 is 2.12 bits per heavy atom. The molecule has 0 fully saturated rings. The Labute approximate surface area is 110 Å². The van der Waals surface area contributed by atoms with E-state index in [9.17, 15) is 4.79 Å². The fourth-order valence-electron chi connectivity index (χ4n) is 1.03. The SMILES string of the molecule is Cc1ccc(NC(=O)C(C)(C)CCl)cc1Br. The highest BCUT2D eigenvalue weighted by Gasteiger charge is 2.26. The minimum atomic E-state index is -0.557. The van der Waals surface area contributed by atoms with Crippen LogP contribution in [0.4, 0.5) is 5.69 Å². The molecule has 16 heavy (non-hydrogen) atoms. The minimum absolute atomic E-state index is 0.0711. The zero-order valence-electron chi connectivity index (χ0n) is 9.60. The zero-order valence-corrected chi connectivity index (χ0v) is 11.9. The van der Waals surface area contributed by atoms with Crippen molar-refractivity contribution in [3.63, 3.8) is 0 Å². The second-order valence-corrected chi connectivity index (χ2v) is 5.56. The molecule has 2 nitrogen and oxygen atoms in total. The lowest BCUT2D eigenvalue weighted by atomic mass is 9.95. The average molecular weight is 305 g/mol. The summed E-state index contributed by atoms with van der Waals surface area (Å²) in [4.78, 5) is 11.9. The van der Waals surface area contributed by atoms with Crippen molar-refractivity contribution in [2.45, 2.75) is 20.8 Å². The van der Waals surface area contributed by atoms with E-state index in [0.717, 1.165) is 15.7 Å². The highest BCUT2D eigenvalue weighted by atomic mass is 79.9. The van der Waals surface area contributed by atoms with Crippen LogP contribution in [0.15, 0.2) is 22.7 Å². The van der Waals surface area contributed by atoms with Crippen LogP contribution in [0.5, 0.6) is 0 Å². The van der Waals surface area contributed by atoms with E-state index < -0.39 is 5.41 Å². The molecule has 1 rings (SSSR count). The Morgan fingerprint density at radius 3 is 2.62 bits per heavy atom. The largest absolute Gasteiger partial charge is 0.326 e. The zero-order chi connectivity index (χ0) is 12.3. The van der Waals surface area contributed by atoms with E-state index in [2.05, 4.69) is 21.2 Å². The predicted octanol–water partition coefficient (Wildman–Crippen LogP) is 3.96. The average Bonchev–Trinajstić information content (AvgIpc) is 2.23. The van der Waals surface area contributed by atoms with Crippen molar-refractivity contribution in [3.8, 4) is 0 Å². The van der Waals surface area contributed by atoms with Gasteiger partial charge in [0.15, 0.2) is 0 Å². The first-order valence-corrected chi connectivity index (χ1v) is 6.33. The summed E-state index contributed by atoms with van der Waals surface area (Å²) in [5.74, 6) is 0.226. The van der Waals surface area contributed by atoms with Crippen LogP contribution in [0.1, 0.15) is 19.4 Å². The number of carbonyl (C=O) groups excluding carboxylic acids is 1. The third-order valence-corrected chi connectivity index (χ3v) is 3.90. The highest BCUT2D eigenvalue weighted by Crippen LogP contribution is 2.23. The smallest absolute Gasteiger partial charge is 0.231 e. The predicted molar refractivity (Wildman–Crippen MR) is 72.0 cm³/mol. The van der Waals surface area contributed by atoms with Crippen molar-refractivity contribution < 1.29 is 4.79 Å². The van der Waals surface area contributed by atoms with Crippen LogP contribution in [0.2, 0.25) is 0 Å². The molecule has 0 heterocycles. The van der Waals surface area contributed by atoms with Crippen molar-refractivity contribution in [1.29, 1.82) is 0 Å². The van der Waals surface area contributed by atoms with Gasteiger partial charge in [-0.15, -0.1) is 11.6 Å². The minimum Gasteiger partial charge on any atom is -0.326 e. The molecule has 0 aliphatic heterocycles. The van der Waals surface area contributed by atoms with E-state index in [4.69, 9.17) is 11.6 Å². The Kier molecular flexibility index (Phi) is 4.39. The number of carbonyl (C=O) groups is 1. The number of hydrogen-bond donors (Lipinski definition) is 1. The fourth-order valence-corrected chi connectivity index (χ4v) is 1.53. The third kappa shape index (κ3) is 3.22. The number of hydrogen-bond acceptors (Lipinski definition) is 1. The molecule has 1 amide bonds. The lowest BCUT2D eigenvalue weighted by Crippen LogP contribution is -2.32. The first kappa shape index (κ1) is 13.5. The van der Waals surface area contributed by atoms with Crippen molar-refractivity contribution in [1.82, 2.24) is 0 Å². The van der Waals surface area contributed by atoms with E-state index in [-0.39, 0.29) is 5.91 Å². The van der Waals surface area contributed by atoms with Crippen LogP contribution in [-0.2, 0) is 4.79 Å². The lowest BCUT2D eigenvalue weighted by molar-refractivity contribution is -0.122. The normalized spacial score (nSPS) is 11.3. The maximum Gasteiger partial charge on any atom is 0.231 e. The van der Waals surface area contributed by atoms with Gasteiger partial charge in [-0.1, -0.05) is 22.0 Å². The Bertz CT molecular complexity index is 404. The van der Waals surface area contributed by atoms with Gasteiger partial charge in [0.1, 0.15) is 0 Å². The second kappa shape index (κ2) is 5.19. The Hall–Kier alpha value is -0.540. The number of amides is 1. The monoisotopic (exact) mass is 303 g/mol. The van der Waals surface area contributed by atoms with Gasteiger partial charge >= 0.3 is 0 Å².